The Morgan fingerprint density at radius 1 is 0.500 bits per heavy atom. The molecule has 0 atom stereocenters. The lowest BCUT2D eigenvalue weighted by atomic mass is 10.1. The topological polar surface area (TPSA) is 18.5 Å². The first kappa shape index (κ1) is 15.1. The molecule has 0 saturated carbocycles. The number of hydrogen-bond acceptors (Lipinski definition) is 2. The fourth-order valence-electron chi connectivity index (χ4n) is 2.01. The van der Waals surface area contributed by atoms with Crippen molar-refractivity contribution in [3.05, 3.63) is 24.7 Å². The molecule has 1 aliphatic heterocycles. The van der Waals surface area contributed by atoms with Crippen LogP contribution in [0.5, 0.6) is 0 Å². The second-order valence-electron chi connectivity index (χ2n) is 4.89. The molecular weight excluding hydrogens is 224 g/mol. The third-order valence-corrected chi connectivity index (χ3v) is 3.15. The molecule has 0 bridgehead atoms. The Morgan fingerprint density at radius 3 is 1.44 bits per heavy atom. The SMILES string of the molecule is C1=COCCCCOC=CCCCCCCCC1. The van der Waals surface area contributed by atoms with Crippen LogP contribution in [-0.4, -0.2) is 13.2 Å². The van der Waals surface area contributed by atoms with Crippen molar-refractivity contribution in [1.82, 2.24) is 0 Å². The molecule has 0 spiro atoms. The second-order valence-corrected chi connectivity index (χ2v) is 4.89. The van der Waals surface area contributed by atoms with E-state index in [1.54, 1.807) is 0 Å². The number of rotatable bonds is 0. The quantitative estimate of drug-likeness (QED) is 0.606. The summed E-state index contributed by atoms with van der Waals surface area (Å²) in [5, 5.41) is 0. The van der Waals surface area contributed by atoms with Crippen LogP contribution in [0.4, 0.5) is 0 Å². The smallest absolute Gasteiger partial charge is 0.0874 e. The van der Waals surface area contributed by atoms with Crippen LogP contribution in [0.2, 0.25) is 0 Å². The minimum absolute atomic E-state index is 0.809. The van der Waals surface area contributed by atoms with E-state index in [9.17, 15) is 0 Å². The van der Waals surface area contributed by atoms with Gasteiger partial charge in [-0.2, -0.15) is 0 Å². The highest BCUT2D eigenvalue weighted by molar-refractivity contribution is 4.74. The molecule has 104 valence electrons. The molecule has 0 amide bonds. The van der Waals surface area contributed by atoms with Gasteiger partial charge in [-0.1, -0.05) is 25.7 Å². The lowest BCUT2D eigenvalue weighted by Crippen LogP contribution is -1.93. The molecule has 0 N–H and O–H groups in total. The van der Waals surface area contributed by atoms with Gasteiger partial charge in [-0.3, -0.25) is 0 Å². The van der Waals surface area contributed by atoms with E-state index in [1.807, 2.05) is 12.5 Å². The van der Waals surface area contributed by atoms with Gasteiger partial charge in [0.15, 0.2) is 0 Å². The molecule has 0 aliphatic carbocycles. The summed E-state index contributed by atoms with van der Waals surface area (Å²) in [5.74, 6) is 0. The van der Waals surface area contributed by atoms with Crippen molar-refractivity contribution < 1.29 is 9.47 Å². The number of allylic oxidation sites excluding steroid dienone is 2. The van der Waals surface area contributed by atoms with Crippen molar-refractivity contribution in [2.24, 2.45) is 0 Å². The van der Waals surface area contributed by atoms with Crippen LogP contribution < -0.4 is 0 Å². The summed E-state index contributed by atoms with van der Waals surface area (Å²) < 4.78 is 10.8. The summed E-state index contributed by atoms with van der Waals surface area (Å²) in [6.07, 6.45) is 20.5. The van der Waals surface area contributed by atoms with Gasteiger partial charge in [-0.15, -0.1) is 0 Å². The zero-order valence-electron chi connectivity index (χ0n) is 11.6. The molecular formula is C16H28O2. The van der Waals surface area contributed by atoms with Gasteiger partial charge in [-0.25, -0.2) is 0 Å². The summed E-state index contributed by atoms with van der Waals surface area (Å²) in [4.78, 5) is 0. The van der Waals surface area contributed by atoms with Gasteiger partial charge in [0.2, 0.25) is 0 Å². The van der Waals surface area contributed by atoms with E-state index >= 15 is 0 Å². The maximum Gasteiger partial charge on any atom is 0.0874 e. The lowest BCUT2D eigenvalue weighted by Gasteiger charge is -2.03. The predicted octanol–water partition coefficient (Wildman–Crippen LogP) is 4.96. The van der Waals surface area contributed by atoms with Crippen molar-refractivity contribution in [2.75, 3.05) is 13.2 Å². The van der Waals surface area contributed by atoms with E-state index in [-0.39, 0.29) is 0 Å². The van der Waals surface area contributed by atoms with Crippen LogP contribution >= 0.6 is 0 Å². The molecule has 0 fully saturated rings. The molecule has 0 aromatic carbocycles. The Bertz CT molecular complexity index is 197. The maximum atomic E-state index is 5.42. The molecule has 1 rings (SSSR count). The Labute approximate surface area is 112 Å². The Morgan fingerprint density at radius 2 is 0.944 bits per heavy atom. The van der Waals surface area contributed by atoms with Gasteiger partial charge in [0, 0.05) is 0 Å². The van der Waals surface area contributed by atoms with Gasteiger partial charge in [0.1, 0.15) is 0 Å². The summed E-state index contributed by atoms with van der Waals surface area (Å²) in [6, 6.07) is 0. The third-order valence-electron chi connectivity index (χ3n) is 3.15. The van der Waals surface area contributed by atoms with Crippen molar-refractivity contribution in [1.29, 1.82) is 0 Å². The van der Waals surface area contributed by atoms with Crippen LogP contribution in [-0.2, 0) is 9.47 Å². The molecule has 0 unspecified atom stereocenters. The van der Waals surface area contributed by atoms with Crippen LogP contribution in [0.3, 0.4) is 0 Å². The first-order chi connectivity index (χ1) is 9.00. The highest BCUT2D eigenvalue weighted by Crippen LogP contribution is 2.09. The molecule has 1 heterocycles. The molecule has 1 aliphatic rings. The lowest BCUT2D eigenvalue weighted by molar-refractivity contribution is 0.204. The van der Waals surface area contributed by atoms with Crippen LogP contribution in [0.15, 0.2) is 24.7 Å². The van der Waals surface area contributed by atoms with Crippen LogP contribution in [0.25, 0.3) is 0 Å². The molecule has 0 aromatic heterocycles. The minimum Gasteiger partial charge on any atom is -0.502 e. The van der Waals surface area contributed by atoms with E-state index in [4.69, 9.17) is 9.47 Å². The van der Waals surface area contributed by atoms with Gasteiger partial charge >= 0.3 is 0 Å². The summed E-state index contributed by atoms with van der Waals surface area (Å²) in [7, 11) is 0. The first-order valence-electron chi connectivity index (χ1n) is 7.53. The highest BCUT2D eigenvalue weighted by Gasteiger charge is 1.91. The summed E-state index contributed by atoms with van der Waals surface area (Å²) in [6.45, 7) is 1.62. The van der Waals surface area contributed by atoms with Crippen molar-refractivity contribution in [3.8, 4) is 0 Å². The Balaban J connectivity index is 2.12. The monoisotopic (exact) mass is 252 g/mol. The van der Waals surface area contributed by atoms with Crippen molar-refractivity contribution in [3.63, 3.8) is 0 Å². The van der Waals surface area contributed by atoms with Gasteiger partial charge < -0.3 is 9.47 Å². The fourth-order valence-corrected chi connectivity index (χ4v) is 2.01. The predicted molar refractivity (Wildman–Crippen MR) is 76.4 cm³/mol. The Hall–Kier alpha value is -0.920. The standard InChI is InChI=1S/C16H28O2/c1-2-4-6-8-10-14-18-16-12-11-15-17-13-9-7-5-3-1/h9-10,13-14H,1-8,11-12,15-16H2. The van der Waals surface area contributed by atoms with E-state index in [0.29, 0.717) is 0 Å². The fraction of sp³-hybridized carbons (Fsp3) is 0.750. The van der Waals surface area contributed by atoms with E-state index in [1.165, 1.54) is 38.5 Å². The normalized spacial score (nSPS) is 21.3. The number of ether oxygens (including phenoxy) is 2. The zero-order chi connectivity index (χ0) is 12.7. The average Bonchev–Trinajstić information content (AvgIpc) is 2.39. The van der Waals surface area contributed by atoms with Crippen LogP contribution in [0.1, 0.15) is 64.2 Å². The van der Waals surface area contributed by atoms with Crippen molar-refractivity contribution in [2.45, 2.75) is 64.2 Å². The maximum absolute atomic E-state index is 5.42. The molecule has 2 heteroatoms. The minimum atomic E-state index is 0.809. The summed E-state index contributed by atoms with van der Waals surface area (Å²) in [5.41, 5.74) is 0. The summed E-state index contributed by atoms with van der Waals surface area (Å²) >= 11 is 0. The zero-order valence-corrected chi connectivity index (χ0v) is 11.6. The van der Waals surface area contributed by atoms with Gasteiger partial charge in [0.25, 0.3) is 0 Å². The van der Waals surface area contributed by atoms with E-state index in [0.717, 1.165) is 38.9 Å². The third kappa shape index (κ3) is 10.2. The molecule has 0 aromatic rings. The molecule has 0 saturated heterocycles. The largest absolute Gasteiger partial charge is 0.502 e. The first-order valence-corrected chi connectivity index (χ1v) is 7.53. The van der Waals surface area contributed by atoms with Gasteiger partial charge in [0.05, 0.1) is 25.7 Å². The second kappa shape index (κ2) is 12.5. The average molecular weight is 252 g/mol. The number of hydrogen-bond donors (Lipinski definition) is 0. The molecule has 2 nitrogen and oxygen atoms in total. The van der Waals surface area contributed by atoms with Crippen LogP contribution in [0, 0.1) is 0 Å². The molecule has 18 heavy (non-hydrogen) atoms. The Kier molecular flexibility index (Phi) is 10.5. The highest BCUT2D eigenvalue weighted by atomic mass is 16.5. The van der Waals surface area contributed by atoms with Gasteiger partial charge in [-0.05, 0) is 50.7 Å². The van der Waals surface area contributed by atoms with E-state index in [2.05, 4.69) is 12.2 Å². The van der Waals surface area contributed by atoms with E-state index < -0.39 is 0 Å². The van der Waals surface area contributed by atoms with Crippen molar-refractivity contribution >= 4 is 0 Å². The molecule has 0 radical (unpaired) electrons.